The van der Waals surface area contributed by atoms with Crippen LogP contribution in [0.2, 0.25) is 5.02 Å². The van der Waals surface area contributed by atoms with Crippen molar-refractivity contribution >= 4 is 17.6 Å². The van der Waals surface area contributed by atoms with E-state index < -0.39 is 40.6 Å². The van der Waals surface area contributed by atoms with Gasteiger partial charge in [0, 0.05) is 41.9 Å². The summed E-state index contributed by atoms with van der Waals surface area (Å²) in [5.74, 6) is -3.49. The number of aryl methyl sites for hydroxylation is 1. The minimum absolute atomic E-state index is 0.00598. The molecule has 0 radical (unpaired) electrons. The number of carbonyl (C=O) groups is 1. The van der Waals surface area contributed by atoms with Crippen molar-refractivity contribution in [3.8, 4) is 11.5 Å². The van der Waals surface area contributed by atoms with E-state index in [9.17, 15) is 32.3 Å². The van der Waals surface area contributed by atoms with E-state index in [2.05, 4.69) is 4.74 Å². The maximum Gasteiger partial charge on any atom is 0.422 e. The van der Waals surface area contributed by atoms with Crippen LogP contribution in [0, 0.1) is 5.82 Å². The summed E-state index contributed by atoms with van der Waals surface area (Å²) in [6.07, 6.45) is -4.23. The predicted molar refractivity (Wildman–Crippen MR) is 119 cm³/mol. The lowest BCUT2D eigenvalue weighted by Crippen LogP contribution is -2.47. The van der Waals surface area contributed by atoms with Crippen LogP contribution in [-0.2, 0) is 17.4 Å². The third-order valence-corrected chi connectivity index (χ3v) is 5.94. The number of halogens is 5. The maximum atomic E-state index is 14.2. The first kappa shape index (κ1) is 26.2. The number of benzene rings is 2. The molecule has 35 heavy (non-hydrogen) atoms. The number of ether oxygens (including phenoxy) is 2. The first-order valence-corrected chi connectivity index (χ1v) is 10.5. The van der Waals surface area contributed by atoms with Gasteiger partial charge in [-0.2, -0.15) is 13.2 Å². The molecule has 0 bridgehead atoms. The molecule has 0 aliphatic rings. The lowest BCUT2D eigenvalue weighted by molar-refractivity contribution is -0.274. The zero-order valence-corrected chi connectivity index (χ0v) is 19.4. The van der Waals surface area contributed by atoms with E-state index in [4.69, 9.17) is 16.3 Å². The molecular formula is C24H20ClF4NO5. The van der Waals surface area contributed by atoms with Crippen molar-refractivity contribution in [1.29, 1.82) is 0 Å². The number of rotatable bonds is 6. The predicted octanol–water partition coefficient (Wildman–Crippen LogP) is 5.31. The fraction of sp³-hybridized carbons (Fsp3) is 0.250. The van der Waals surface area contributed by atoms with Gasteiger partial charge in [-0.3, -0.25) is 4.79 Å². The molecular weight excluding hydrogens is 494 g/mol. The normalized spacial score (nSPS) is 14.2. The Bertz CT molecular complexity index is 1320. The van der Waals surface area contributed by atoms with Gasteiger partial charge in [-0.05, 0) is 42.0 Å². The zero-order chi connectivity index (χ0) is 26.1. The van der Waals surface area contributed by atoms with Gasteiger partial charge in [0.05, 0.1) is 12.7 Å². The van der Waals surface area contributed by atoms with Crippen molar-refractivity contribution in [2.24, 2.45) is 7.05 Å². The monoisotopic (exact) mass is 513 g/mol. The molecule has 1 aromatic heterocycles. The van der Waals surface area contributed by atoms with Gasteiger partial charge in [-0.1, -0.05) is 18.5 Å². The second-order valence-corrected chi connectivity index (χ2v) is 8.18. The third kappa shape index (κ3) is 5.03. The van der Waals surface area contributed by atoms with Gasteiger partial charge in [-0.15, -0.1) is 0 Å². The number of nitrogens with zero attached hydrogens (tertiary/aromatic N) is 1. The van der Waals surface area contributed by atoms with E-state index in [1.165, 1.54) is 31.3 Å². The van der Waals surface area contributed by atoms with E-state index in [1.54, 1.807) is 0 Å². The molecule has 2 aromatic carbocycles. The van der Waals surface area contributed by atoms with Crippen molar-refractivity contribution in [3.05, 3.63) is 92.6 Å². The number of hydrogen-bond acceptors (Lipinski definition) is 5. The molecule has 0 saturated heterocycles. The molecule has 1 heterocycles. The van der Waals surface area contributed by atoms with Crippen LogP contribution in [0.4, 0.5) is 17.6 Å². The summed E-state index contributed by atoms with van der Waals surface area (Å²) >= 11 is 6.19. The van der Waals surface area contributed by atoms with Crippen LogP contribution >= 0.6 is 11.6 Å². The van der Waals surface area contributed by atoms with Crippen molar-refractivity contribution in [3.63, 3.8) is 0 Å². The zero-order valence-electron chi connectivity index (χ0n) is 18.7. The van der Waals surface area contributed by atoms with Crippen LogP contribution in [0.15, 0.2) is 59.5 Å². The first-order valence-electron chi connectivity index (χ1n) is 10.1. The quantitative estimate of drug-likeness (QED) is 0.357. The van der Waals surface area contributed by atoms with E-state index >= 15 is 0 Å². The number of methoxy groups -OCH3 is 1. The molecule has 3 aromatic rings. The van der Waals surface area contributed by atoms with Gasteiger partial charge in [-0.25, -0.2) is 9.18 Å². The SMILES string of the molecule is COC(=O)c1ccc(Oc2ccc(Cl)c(C(C)C(O)(c3ccc(=O)n(C)c3)C(F)(F)F)c2)cc1F. The van der Waals surface area contributed by atoms with Crippen molar-refractivity contribution in [2.75, 3.05) is 7.11 Å². The molecule has 11 heteroatoms. The van der Waals surface area contributed by atoms with Crippen LogP contribution in [0.3, 0.4) is 0 Å². The largest absolute Gasteiger partial charge is 0.465 e. The van der Waals surface area contributed by atoms with E-state index in [-0.39, 0.29) is 27.6 Å². The molecule has 3 rings (SSSR count). The third-order valence-electron chi connectivity index (χ3n) is 5.60. The van der Waals surface area contributed by atoms with Gasteiger partial charge >= 0.3 is 12.1 Å². The Labute approximate surface area is 202 Å². The van der Waals surface area contributed by atoms with Gasteiger partial charge < -0.3 is 19.1 Å². The molecule has 6 nitrogen and oxygen atoms in total. The summed E-state index contributed by atoms with van der Waals surface area (Å²) in [5.41, 5.74) is -4.94. The fourth-order valence-corrected chi connectivity index (χ4v) is 3.87. The van der Waals surface area contributed by atoms with Gasteiger partial charge in [0.1, 0.15) is 17.3 Å². The standard InChI is InChI=1S/C24H20ClF4NO5/c1-13(23(33,24(27,28)29)14-4-9-21(31)30(2)12-14)18-10-15(6-8-19(18)25)35-16-5-7-17(20(26)11-16)22(32)34-3/h4-13,33H,1-3H3. The smallest absolute Gasteiger partial charge is 0.422 e. The molecule has 2 unspecified atom stereocenters. The Kier molecular flexibility index (Phi) is 7.28. The number of esters is 1. The summed E-state index contributed by atoms with van der Waals surface area (Å²) in [4.78, 5) is 23.2. The highest BCUT2D eigenvalue weighted by Gasteiger charge is 2.59. The highest BCUT2D eigenvalue weighted by atomic mass is 35.5. The Balaban J connectivity index is 2.03. The topological polar surface area (TPSA) is 77.8 Å². The number of pyridine rings is 1. The van der Waals surface area contributed by atoms with E-state index in [0.717, 1.165) is 49.1 Å². The fourth-order valence-electron chi connectivity index (χ4n) is 3.59. The van der Waals surface area contributed by atoms with Crippen LogP contribution in [0.5, 0.6) is 11.5 Å². The molecule has 0 fully saturated rings. The van der Waals surface area contributed by atoms with Crippen LogP contribution in [-0.4, -0.2) is 28.9 Å². The molecule has 0 amide bonds. The highest BCUT2D eigenvalue weighted by molar-refractivity contribution is 6.31. The minimum Gasteiger partial charge on any atom is -0.465 e. The van der Waals surface area contributed by atoms with Crippen LogP contribution < -0.4 is 10.3 Å². The minimum atomic E-state index is -5.14. The molecule has 2 atom stereocenters. The molecule has 0 aliphatic carbocycles. The van der Waals surface area contributed by atoms with E-state index in [0.29, 0.717) is 0 Å². The van der Waals surface area contributed by atoms with Gasteiger partial charge in [0.15, 0.2) is 5.60 Å². The average molecular weight is 514 g/mol. The second kappa shape index (κ2) is 9.71. The molecule has 0 spiro atoms. The summed E-state index contributed by atoms with van der Waals surface area (Å²) in [5, 5.41) is 10.9. The van der Waals surface area contributed by atoms with Crippen molar-refractivity contribution in [2.45, 2.75) is 24.6 Å². The summed E-state index contributed by atoms with van der Waals surface area (Å²) < 4.78 is 67.8. The van der Waals surface area contributed by atoms with Crippen molar-refractivity contribution in [1.82, 2.24) is 4.57 Å². The Hall–Kier alpha value is -3.37. The van der Waals surface area contributed by atoms with Gasteiger partial charge in [0.2, 0.25) is 5.56 Å². The Morgan fingerprint density at radius 2 is 1.71 bits per heavy atom. The van der Waals surface area contributed by atoms with Crippen molar-refractivity contribution < 1.29 is 36.9 Å². The molecule has 0 aliphatic heterocycles. The van der Waals surface area contributed by atoms with Crippen LogP contribution in [0.25, 0.3) is 0 Å². The van der Waals surface area contributed by atoms with Gasteiger partial charge in [0.25, 0.3) is 0 Å². The summed E-state index contributed by atoms with van der Waals surface area (Å²) in [6.45, 7) is 1.13. The number of hydrogen-bond donors (Lipinski definition) is 1. The number of carbonyl (C=O) groups excluding carboxylic acids is 1. The maximum absolute atomic E-state index is 14.2. The first-order chi connectivity index (χ1) is 16.3. The highest BCUT2D eigenvalue weighted by Crippen LogP contribution is 2.50. The lowest BCUT2D eigenvalue weighted by Gasteiger charge is -2.37. The van der Waals surface area contributed by atoms with E-state index in [1.807, 2.05) is 0 Å². The summed E-state index contributed by atoms with van der Waals surface area (Å²) in [7, 11) is 2.36. The average Bonchev–Trinajstić information content (AvgIpc) is 2.80. The second-order valence-electron chi connectivity index (χ2n) is 7.77. The number of aromatic nitrogens is 1. The Morgan fingerprint density at radius 1 is 1.09 bits per heavy atom. The Morgan fingerprint density at radius 3 is 2.29 bits per heavy atom. The molecule has 0 saturated carbocycles. The number of aliphatic hydroxyl groups is 1. The molecule has 186 valence electrons. The summed E-state index contributed by atoms with van der Waals surface area (Å²) in [6, 6.07) is 8.99. The van der Waals surface area contributed by atoms with Crippen LogP contribution in [0.1, 0.15) is 34.3 Å². The number of alkyl halides is 3. The lowest BCUT2D eigenvalue weighted by atomic mass is 9.78. The molecule has 1 N–H and O–H groups in total.